The standard InChI is InChI=1S/C16H13N5OS2/c1-21-14(11-4-2-6-17-8-11)19-20-16(21)24-10-12-9-22-15(18-12)13-5-3-7-23-13/h2-9H,10H2,1H3. The fraction of sp³-hybridized carbons (Fsp3) is 0.125. The summed E-state index contributed by atoms with van der Waals surface area (Å²) in [6, 6.07) is 7.84. The molecule has 0 saturated heterocycles. The van der Waals surface area contributed by atoms with E-state index in [1.807, 2.05) is 41.3 Å². The van der Waals surface area contributed by atoms with Crippen molar-refractivity contribution in [2.24, 2.45) is 7.05 Å². The Morgan fingerprint density at radius 1 is 1.25 bits per heavy atom. The third-order valence-electron chi connectivity index (χ3n) is 3.39. The fourth-order valence-electron chi connectivity index (χ4n) is 2.21. The molecule has 0 aromatic carbocycles. The van der Waals surface area contributed by atoms with E-state index in [2.05, 4.69) is 20.2 Å². The molecule has 0 saturated carbocycles. The van der Waals surface area contributed by atoms with Crippen LogP contribution in [-0.4, -0.2) is 24.7 Å². The van der Waals surface area contributed by atoms with Crippen molar-refractivity contribution in [1.29, 1.82) is 0 Å². The number of oxazole rings is 1. The van der Waals surface area contributed by atoms with Gasteiger partial charge >= 0.3 is 0 Å². The molecule has 4 aromatic rings. The molecule has 4 aromatic heterocycles. The van der Waals surface area contributed by atoms with Crippen molar-refractivity contribution < 1.29 is 4.42 Å². The van der Waals surface area contributed by atoms with E-state index < -0.39 is 0 Å². The van der Waals surface area contributed by atoms with E-state index in [-0.39, 0.29) is 0 Å². The Labute approximate surface area is 146 Å². The molecule has 0 spiro atoms. The zero-order chi connectivity index (χ0) is 16.4. The summed E-state index contributed by atoms with van der Waals surface area (Å²) in [4.78, 5) is 9.67. The SMILES string of the molecule is Cn1c(SCc2coc(-c3cccs3)n2)nnc1-c1cccnc1. The van der Waals surface area contributed by atoms with E-state index in [0.29, 0.717) is 11.6 Å². The van der Waals surface area contributed by atoms with Gasteiger partial charge in [0.25, 0.3) is 0 Å². The van der Waals surface area contributed by atoms with Crippen LogP contribution in [0.15, 0.2) is 57.9 Å². The van der Waals surface area contributed by atoms with E-state index in [0.717, 1.165) is 27.1 Å². The number of pyridine rings is 1. The lowest BCUT2D eigenvalue weighted by molar-refractivity contribution is 0.575. The van der Waals surface area contributed by atoms with Crippen molar-refractivity contribution in [2.45, 2.75) is 10.9 Å². The highest BCUT2D eigenvalue weighted by Crippen LogP contribution is 2.27. The zero-order valence-corrected chi connectivity index (χ0v) is 14.4. The van der Waals surface area contributed by atoms with Gasteiger partial charge in [0, 0.05) is 30.8 Å². The number of hydrogen-bond donors (Lipinski definition) is 0. The molecule has 6 nitrogen and oxygen atoms in total. The maximum Gasteiger partial charge on any atom is 0.236 e. The van der Waals surface area contributed by atoms with Crippen LogP contribution in [0.5, 0.6) is 0 Å². The number of aromatic nitrogens is 5. The summed E-state index contributed by atoms with van der Waals surface area (Å²) in [6.45, 7) is 0. The van der Waals surface area contributed by atoms with Gasteiger partial charge in [-0.3, -0.25) is 4.98 Å². The number of thiophene rings is 1. The van der Waals surface area contributed by atoms with Crippen LogP contribution < -0.4 is 0 Å². The molecule has 0 aliphatic heterocycles. The Morgan fingerprint density at radius 2 is 2.21 bits per heavy atom. The summed E-state index contributed by atoms with van der Waals surface area (Å²) < 4.78 is 7.50. The van der Waals surface area contributed by atoms with Gasteiger partial charge in [-0.1, -0.05) is 17.8 Å². The van der Waals surface area contributed by atoms with E-state index in [9.17, 15) is 0 Å². The largest absolute Gasteiger partial charge is 0.444 e. The minimum absolute atomic E-state index is 0.662. The van der Waals surface area contributed by atoms with Crippen molar-refractivity contribution >= 4 is 23.1 Å². The Hall–Kier alpha value is -2.45. The molecule has 0 aliphatic rings. The summed E-state index contributed by atoms with van der Waals surface area (Å²) in [5.74, 6) is 2.13. The van der Waals surface area contributed by atoms with Gasteiger partial charge in [-0.05, 0) is 23.6 Å². The third kappa shape index (κ3) is 2.98. The van der Waals surface area contributed by atoms with Crippen LogP contribution in [0.1, 0.15) is 5.69 Å². The highest BCUT2D eigenvalue weighted by molar-refractivity contribution is 7.98. The van der Waals surface area contributed by atoms with Crippen molar-refractivity contribution in [3.63, 3.8) is 0 Å². The normalized spacial score (nSPS) is 11.0. The van der Waals surface area contributed by atoms with Gasteiger partial charge in [0.2, 0.25) is 5.89 Å². The number of thioether (sulfide) groups is 1. The van der Waals surface area contributed by atoms with E-state index >= 15 is 0 Å². The van der Waals surface area contributed by atoms with Crippen molar-refractivity contribution in [3.8, 4) is 22.2 Å². The van der Waals surface area contributed by atoms with Gasteiger partial charge in [-0.2, -0.15) is 0 Å². The summed E-state index contributed by atoms with van der Waals surface area (Å²) in [6.07, 6.45) is 5.22. The summed E-state index contributed by atoms with van der Waals surface area (Å²) in [7, 11) is 1.95. The maximum atomic E-state index is 5.54. The molecule has 0 aliphatic carbocycles. The molecule has 4 rings (SSSR count). The van der Waals surface area contributed by atoms with Crippen molar-refractivity contribution in [3.05, 3.63) is 54.0 Å². The van der Waals surface area contributed by atoms with Gasteiger partial charge < -0.3 is 8.98 Å². The van der Waals surface area contributed by atoms with Gasteiger partial charge in [0.1, 0.15) is 6.26 Å². The first-order chi connectivity index (χ1) is 11.8. The molecule has 8 heteroatoms. The smallest absolute Gasteiger partial charge is 0.236 e. The Bertz CT molecular complexity index is 931. The van der Waals surface area contributed by atoms with E-state index in [1.165, 1.54) is 0 Å². The lowest BCUT2D eigenvalue weighted by Gasteiger charge is -2.02. The van der Waals surface area contributed by atoms with Crippen molar-refractivity contribution in [2.75, 3.05) is 0 Å². The Morgan fingerprint density at radius 3 is 3.00 bits per heavy atom. The fourth-order valence-corrected chi connectivity index (χ4v) is 3.66. The third-order valence-corrected chi connectivity index (χ3v) is 5.30. The number of hydrogen-bond acceptors (Lipinski definition) is 7. The lowest BCUT2D eigenvalue weighted by atomic mass is 10.3. The summed E-state index contributed by atoms with van der Waals surface area (Å²) >= 11 is 3.19. The Balaban J connectivity index is 1.48. The van der Waals surface area contributed by atoms with Crippen LogP contribution in [0.2, 0.25) is 0 Å². The van der Waals surface area contributed by atoms with Gasteiger partial charge in [0.15, 0.2) is 11.0 Å². The van der Waals surface area contributed by atoms with Crippen LogP contribution in [-0.2, 0) is 12.8 Å². The first-order valence-corrected chi connectivity index (χ1v) is 9.08. The van der Waals surface area contributed by atoms with E-state index in [4.69, 9.17) is 4.42 Å². The average Bonchev–Trinajstić information content (AvgIpc) is 3.35. The average molecular weight is 355 g/mol. The summed E-state index contributed by atoms with van der Waals surface area (Å²) in [5, 5.41) is 11.3. The minimum atomic E-state index is 0.662. The van der Waals surface area contributed by atoms with E-state index in [1.54, 1.807) is 41.8 Å². The molecule has 24 heavy (non-hydrogen) atoms. The van der Waals surface area contributed by atoms with Crippen molar-refractivity contribution in [1.82, 2.24) is 24.7 Å². The van der Waals surface area contributed by atoms with Gasteiger partial charge in [-0.15, -0.1) is 21.5 Å². The van der Waals surface area contributed by atoms with Crippen LogP contribution in [0.4, 0.5) is 0 Å². The molecule has 0 amide bonds. The quantitative estimate of drug-likeness (QED) is 0.506. The first kappa shape index (κ1) is 15.1. The summed E-state index contributed by atoms with van der Waals surface area (Å²) in [5.41, 5.74) is 1.83. The Kier molecular flexibility index (Phi) is 4.14. The van der Waals surface area contributed by atoms with Crippen LogP contribution in [0.25, 0.3) is 22.2 Å². The monoisotopic (exact) mass is 355 g/mol. The number of rotatable bonds is 5. The predicted octanol–water partition coefficient (Wildman–Crippen LogP) is 3.89. The van der Waals surface area contributed by atoms with Crippen LogP contribution in [0, 0.1) is 0 Å². The minimum Gasteiger partial charge on any atom is -0.444 e. The van der Waals surface area contributed by atoms with Gasteiger partial charge in [-0.25, -0.2) is 4.98 Å². The topological polar surface area (TPSA) is 69.6 Å². The highest BCUT2D eigenvalue weighted by atomic mass is 32.2. The second kappa shape index (κ2) is 6.58. The number of nitrogens with zero attached hydrogens (tertiary/aromatic N) is 5. The highest BCUT2D eigenvalue weighted by Gasteiger charge is 2.13. The zero-order valence-electron chi connectivity index (χ0n) is 12.8. The predicted molar refractivity (Wildman–Crippen MR) is 93.6 cm³/mol. The lowest BCUT2D eigenvalue weighted by Crippen LogP contribution is -1.95. The second-order valence-corrected chi connectivity index (χ2v) is 6.91. The molecule has 0 atom stereocenters. The maximum absolute atomic E-state index is 5.54. The molecular weight excluding hydrogens is 342 g/mol. The van der Waals surface area contributed by atoms with Gasteiger partial charge in [0.05, 0.1) is 10.6 Å². The molecule has 0 bridgehead atoms. The molecular formula is C16H13N5OS2. The molecule has 120 valence electrons. The molecule has 4 heterocycles. The molecule has 0 N–H and O–H groups in total. The molecule has 0 fully saturated rings. The first-order valence-electron chi connectivity index (χ1n) is 7.22. The molecule has 0 unspecified atom stereocenters. The van der Waals surface area contributed by atoms with Crippen LogP contribution >= 0.6 is 23.1 Å². The van der Waals surface area contributed by atoms with Crippen LogP contribution in [0.3, 0.4) is 0 Å². The second-order valence-electron chi connectivity index (χ2n) is 5.02. The molecule has 0 radical (unpaired) electrons.